The Morgan fingerprint density at radius 1 is 1.06 bits per heavy atom. The lowest BCUT2D eigenvalue weighted by Gasteiger charge is -2.26. The van der Waals surface area contributed by atoms with Crippen molar-refractivity contribution in [3.8, 4) is 0 Å². The van der Waals surface area contributed by atoms with Crippen molar-refractivity contribution in [3.63, 3.8) is 0 Å². The molecule has 1 fully saturated rings. The number of hydrazine groups is 1. The minimum absolute atomic E-state index is 0.0113. The van der Waals surface area contributed by atoms with E-state index in [9.17, 15) is 22.8 Å². The topological polar surface area (TPSA) is 131 Å². The average molecular weight is 496 g/mol. The van der Waals surface area contributed by atoms with Gasteiger partial charge in [-0.3, -0.25) is 20.4 Å². The highest BCUT2D eigenvalue weighted by atomic mass is 35.5. The predicted molar refractivity (Wildman–Crippen MR) is 118 cm³/mol. The molecule has 0 unspecified atom stereocenters. The quantitative estimate of drug-likeness (QED) is 0.456. The van der Waals surface area contributed by atoms with Gasteiger partial charge in [0.05, 0.1) is 34.3 Å². The van der Waals surface area contributed by atoms with Gasteiger partial charge in [0.25, 0.3) is 11.8 Å². The van der Waals surface area contributed by atoms with E-state index in [-0.39, 0.29) is 34.1 Å². The number of ether oxygens (including phenoxy) is 2. The van der Waals surface area contributed by atoms with Crippen LogP contribution in [-0.4, -0.2) is 63.4 Å². The third kappa shape index (κ3) is 6.08. The standard InChI is InChI=1S/C21H22ClN3O7S/c1-14-6-7-15(33(29,30)25-8-10-31-11-9-25)12-17(14)21(28)32-13-19(26)23-24-20(27)16-4-2-3-5-18(16)22/h2-7,12H,8-11,13H2,1H3,(H,23,26)(H,24,27). The third-order valence-corrected chi connectivity index (χ3v) is 7.03. The Labute approximate surface area is 195 Å². The molecule has 0 radical (unpaired) electrons. The molecule has 0 spiro atoms. The van der Waals surface area contributed by atoms with Gasteiger partial charge in [0.15, 0.2) is 6.61 Å². The molecule has 2 N–H and O–H groups in total. The van der Waals surface area contributed by atoms with Crippen LogP contribution in [0.2, 0.25) is 5.02 Å². The normalized spacial score (nSPS) is 14.4. The molecule has 0 saturated carbocycles. The number of esters is 1. The van der Waals surface area contributed by atoms with Crippen molar-refractivity contribution in [2.24, 2.45) is 0 Å². The Balaban J connectivity index is 1.59. The minimum Gasteiger partial charge on any atom is -0.452 e. The Kier molecular flexibility index (Phi) is 8.03. The molecule has 1 aliphatic heterocycles. The molecule has 10 nitrogen and oxygen atoms in total. The van der Waals surface area contributed by atoms with E-state index in [1.165, 1.54) is 34.6 Å². The maximum absolute atomic E-state index is 12.8. The fourth-order valence-electron chi connectivity index (χ4n) is 3.00. The van der Waals surface area contributed by atoms with Gasteiger partial charge >= 0.3 is 5.97 Å². The Morgan fingerprint density at radius 3 is 2.45 bits per heavy atom. The third-order valence-electron chi connectivity index (χ3n) is 4.81. The molecule has 33 heavy (non-hydrogen) atoms. The zero-order valence-electron chi connectivity index (χ0n) is 17.7. The number of hydrogen-bond acceptors (Lipinski definition) is 7. The maximum atomic E-state index is 12.8. The van der Waals surface area contributed by atoms with E-state index < -0.39 is 34.4 Å². The van der Waals surface area contributed by atoms with Crippen molar-refractivity contribution in [1.29, 1.82) is 0 Å². The number of halogens is 1. The fourth-order valence-corrected chi connectivity index (χ4v) is 4.66. The largest absolute Gasteiger partial charge is 0.452 e. The van der Waals surface area contributed by atoms with Crippen LogP contribution >= 0.6 is 11.6 Å². The molecule has 2 aromatic rings. The van der Waals surface area contributed by atoms with Crippen LogP contribution in [0.5, 0.6) is 0 Å². The highest BCUT2D eigenvalue weighted by Gasteiger charge is 2.27. The summed E-state index contributed by atoms with van der Waals surface area (Å²) in [5, 5.41) is 0.207. The first kappa shape index (κ1) is 24.6. The summed E-state index contributed by atoms with van der Waals surface area (Å²) in [6, 6.07) is 10.4. The Morgan fingerprint density at radius 2 is 1.76 bits per heavy atom. The summed E-state index contributed by atoms with van der Waals surface area (Å²) < 4.78 is 37.1. The van der Waals surface area contributed by atoms with Gasteiger partial charge < -0.3 is 9.47 Å². The molecule has 0 aromatic heterocycles. The molecular weight excluding hydrogens is 474 g/mol. The van der Waals surface area contributed by atoms with E-state index in [1.54, 1.807) is 19.1 Å². The molecule has 1 aliphatic rings. The number of rotatable bonds is 6. The predicted octanol–water partition coefficient (Wildman–Crippen LogP) is 1.29. The highest BCUT2D eigenvalue weighted by molar-refractivity contribution is 7.89. The van der Waals surface area contributed by atoms with Gasteiger partial charge in [0.1, 0.15) is 0 Å². The maximum Gasteiger partial charge on any atom is 0.338 e. The first-order valence-corrected chi connectivity index (χ1v) is 11.7. The number of nitrogens with zero attached hydrogens (tertiary/aromatic N) is 1. The number of hydrogen-bond donors (Lipinski definition) is 2. The van der Waals surface area contributed by atoms with Gasteiger partial charge in [-0.05, 0) is 36.8 Å². The van der Waals surface area contributed by atoms with Gasteiger partial charge in [-0.2, -0.15) is 4.31 Å². The number of morpholine rings is 1. The van der Waals surface area contributed by atoms with Crippen LogP contribution in [0, 0.1) is 6.92 Å². The zero-order valence-corrected chi connectivity index (χ0v) is 19.2. The van der Waals surface area contributed by atoms with Crippen LogP contribution in [0.25, 0.3) is 0 Å². The van der Waals surface area contributed by atoms with Crippen LogP contribution < -0.4 is 10.9 Å². The summed E-state index contributed by atoms with van der Waals surface area (Å²) >= 11 is 5.92. The molecule has 176 valence electrons. The summed E-state index contributed by atoms with van der Waals surface area (Å²) in [4.78, 5) is 36.5. The molecule has 1 saturated heterocycles. The first-order valence-electron chi connectivity index (χ1n) is 9.89. The average Bonchev–Trinajstić information content (AvgIpc) is 2.82. The fraction of sp³-hybridized carbons (Fsp3) is 0.286. The number of aryl methyl sites for hydroxylation is 1. The van der Waals surface area contributed by atoms with Gasteiger partial charge in [0.2, 0.25) is 10.0 Å². The van der Waals surface area contributed by atoms with E-state index in [4.69, 9.17) is 21.1 Å². The molecule has 3 rings (SSSR count). The van der Waals surface area contributed by atoms with Crippen LogP contribution in [0.15, 0.2) is 47.4 Å². The van der Waals surface area contributed by atoms with E-state index >= 15 is 0 Å². The SMILES string of the molecule is Cc1ccc(S(=O)(=O)N2CCOCC2)cc1C(=O)OCC(=O)NNC(=O)c1ccccc1Cl. The lowest BCUT2D eigenvalue weighted by Crippen LogP contribution is -2.43. The van der Waals surface area contributed by atoms with E-state index in [0.29, 0.717) is 18.8 Å². The molecule has 0 bridgehead atoms. The monoisotopic (exact) mass is 495 g/mol. The van der Waals surface area contributed by atoms with Crippen LogP contribution in [0.3, 0.4) is 0 Å². The summed E-state index contributed by atoms with van der Waals surface area (Å²) in [7, 11) is -3.81. The molecule has 2 amide bonds. The van der Waals surface area contributed by atoms with Gasteiger partial charge in [0, 0.05) is 13.1 Å². The molecule has 2 aromatic carbocycles. The van der Waals surface area contributed by atoms with E-state index in [2.05, 4.69) is 10.9 Å². The van der Waals surface area contributed by atoms with Crippen molar-refractivity contribution >= 4 is 39.4 Å². The molecule has 1 heterocycles. The second kappa shape index (κ2) is 10.8. The van der Waals surface area contributed by atoms with Crippen molar-refractivity contribution in [2.75, 3.05) is 32.9 Å². The Bertz CT molecular complexity index is 1160. The number of carbonyl (C=O) groups excluding carboxylic acids is 3. The second-order valence-corrected chi connectivity index (χ2v) is 9.40. The summed E-state index contributed by atoms with van der Waals surface area (Å²) in [6.07, 6.45) is 0. The number of amides is 2. The van der Waals surface area contributed by atoms with Crippen LogP contribution in [0.1, 0.15) is 26.3 Å². The number of sulfonamides is 1. The van der Waals surface area contributed by atoms with Crippen LogP contribution in [0.4, 0.5) is 0 Å². The van der Waals surface area contributed by atoms with Crippen molar-refractivity contribution in [1.82, 2.24) is 15.2 Å². The van der Waals surface area contributed by atoms with Gasteiger partial charge in [-0.15, -0.1) is 0 Å². The van der Waals surface area contributed by atoms with Crippen LogP contribution in [-0.2, 0) is 24.3 Å². The number of carbonyl (C=O) groups is 3. The van der Waals surface area contributed by atoms with E-state index in [1.807, 2.05) is 0 Å². The number of benzene rings is 2. The first-order chi connectivity index (χ1) is 15.7. The molecule has 0 atom stereocenters. The summed E-state index contributed by atoms with van der Waals surface area (Å²) in [6.45, 7) is 1.95. The zero-order chi connectivity index (χ0) is 24.0. The minimum atomic E-state index is -3.81. The van der Waals surface area contributed by atoms with Crippen molar-refractivity contribution in [3.05, 3.63) is 64.2 Å². The second-order valence-electron chi connectivity index (χ2n) is 7.05. The lowest BCUT2D eigenvalue weighted by molar-refractivity contribution is -0.125. The highest BCUT2D eigenvalue weighted by Crippen LogP contribution is 2.21. The Hall–Kier alpha value is -2.99. The van der Waals surface area contributed by atoms with Crippen molar-refractivity contribution < 1.29 is 32.3 Å². The smallest absolute Gasteiger partial charge is 0.338 e. The van der Waals surface area contributed by atoms with Gasteiger partial charge in [-0.1, -0.05) is 29.8 Å². The van der Waals surface area contributed by atoms with E-state index in [0.717, 1.165) is 0 Å². The summed E-state index contributed by atoms with van der Waals surface area (Å²) in [5.74, 6) is -2.31. The lowest BCUT2D eigenvalue weighted by atomic mass is 10.1. The molecule has 12 heteroatoms. The van der Waals surface area contributed by atoms with Gasteiger partial charge in [-0.25, -0.2) is 13.2 Å². The molecule has 0 aliphatic carbocycles. The summed E-state index contributed by atoms with van der Waals surface area (Å²) in [5.41, 5.74) is 4.94. The van der Waals surface area contributed by atoms with Crippen molar-refractivity contribution in [2.45, 2.75) is 11.8 Å². The number of nitrogens with one attached hydrogen (secondary N) is 2. The molecular formula is C21H22ClN3O7S.